The van der Waals surface area contributed by atoms with Crippen LogP contribution < -0.4 is 9.62 Å². The lowest BCUT2D eigenvalue weighted by Gasteiger charge is -2.19. The van der Waals surface area contributed by atoms with Crippen LogP contribution in [0.25, 0.3) is 0 Å². The van der Waals surface area contributed by atoms with Crippen molar-refractivity contribution in [2.45, 2.75) is 19.4 Å². The fourth-order valence-corrected chi connectivity index (χ4v) is 3.02. The molecular weight excluding hydrogens is 236 g/mol. The summed E-state index contributed by atoms with van der Waals surface area (Å²) in [4.78, 5) is 2.22. The van der Waals surface area contributed by atoms with E-state index in [0.717, 1.165) is 19.5 Å². The first-order valence-corrected chi connectivity index (χ1v) is 7.62. The Labute approximate surface area is 103 Å². The van der Waals surface area contributed by atoms with Gasteiger partial charge in [0.2, 0.25) is 10.0 Å². The zero-order chi connectivity index (χ0) is 12.5. The van der Waals surface area contributed by atoms with Crippen molar-refractivity contribution in [3.63, 3.8) is 0 Å². The number of hydrogen-bond acceptors (Lipinski definition) is 3. The Morgan fingerprint density at radius 3 is 2.82 bits per heavy atom. The van der Waals surface area contributed by atoms with Crippen molar-refractivity contribution in [1.29, 1.82) is 0 Å². The molecule has 1 N–H and O–H groups in total. The number of aryl methyl sites for hydroxylation is 1. The molecule has 1 aliphatic heterocycles. The summed E-state index contributed by atoms with van der Waals surface area (Å²) < 4.78 is 25.0. The van der Waals surface area contributed by atoms with Crippen LogP contribution in [-0.2, 0) is 10.0 Å². The molecule has 1 aromatic carbocycles. The fourth-order valence-electron chi connectivity index (χ4n) is 2.22. The molecule has 94 valence electrons. The SMILES string of the molecule is Cc1cccc(N2CCC(NS(C)(=O)=O)C2)c1. The average molecular weight is 254 g/mol. The molecule has 1 saturated heterocycles. The summed E-state index contributed by atoms with van der Waals surface area (Å²) in [5.74, 6) is 0. The van der Waals surface area contributed by atoms with Crippen molar-refractivity contribution in [3.05, 3.63) is 29.8 Å². The lowest BCUT2D eigenvalue weighted by Crippen LogP contribution is -2.36. The lowest BCUT2D eigenvalue weighted by atomic mass is 10.2. The lowest BCUT2D eigenvalue weighted by molar-refractivity contribution is 0.567. The molecule has 0 spiro atoms. The van der Waals surface area contributed by atoms with E-state index in [1.807, 2.05) is 6.07 Å². The van der Waals surface area contributed by atoms with E-state index >= 15 is 0 Å². The Morgan fingerprint density at radius 1 is 1.41 bits per heavy atom. The van der Waals surface area contributed by atoms with Gasteiger partial charge in [-0.05, 0) is 31.0 Å². The number of sulfonamides is 1. The first-order valence-electron chi connectivity index (χ1n) is 5.73. The summed E-state index contributed by atoms with van der Waals surface area (Å²) in [6, 6.07) is 8.32. The van der Waals surface area contributed by atoms with Crippen LogP contribution in [0, 0.1) is 6.92 Å². The summed E-state index contributed by atoms with van der Waals surface area (Å²) in [5.41, 5.74) is 2.39. The zero-order valence-corrected chi connectivity index (χ0v) is 11.0. The maximum atomic E-state index is 11.2. The molecule has 1 heterocycles. The summed E-state index contributed by atoms with van der Waals surface area (Å²) in [5, 5.41) is 0. The number of nitrogens with zero attached hydrogens (tertiary/aromatic N) is 1. The summed E-state index contributed by atoms with van der Waals surface area (Å²) in [6.45, 7) is 3.71. The van der Waals surface area contributed by atoms with Gasteiger partial charge in [0.15, 0.2) is 0 Å². The van der Waals surface area contributed by atoms with E-state index in [-0.39, 0.29) is 6.04 Å². The number of hydrogen-bond donors (Lipinski definition) is 1. The topological polar surface area (TPSA) is 49.4 Å². The summed E-state index contributed by atoms with van der Waals surface area (Å²) >= 11 is 0. The van der Waals surface area contributed by atoms with Gasteiger partial charge in [-0.25, -0.2) is 13.1 Å². The smallest absolute Gasteiger partial charge is 0.209 e. The second kappa shape index (κ2) is 4.66. The van der Waals surface area contributed by atoms with Crippen LogP contribution in [-0.4, -0.2) is 33.8 Å². The Hall–Kier alpha value is -1.07. The van der Waals surface area contributed by atoms with E-state index in [1.165, 1.54) is 17.5 Å². The van der Waals surface area contributed by atoms with Crippen molar-refractivity contribution in [2.24, 2.45) is 0 Å². The van der Waals surface area contributed by atoms with Gasteiger partial charge < -0.3 is 4.90 Å². The minimum absolute atomic E-state index is 0.0329. The van der Waals surface area contributed by atoms with E-state index in [1.54, 1.807) is 0 Å². The zero-order valence-electron chi connectivity index (χ0n) is 10.2. The molecule has 0 aromatic heterocycles. The molecule has 1 fully saturated rings. The molecule has 2 rings (SSSR count). The fraction of sp³-hybridized carbons (Fsp3) is 0.500. The Kier molecular flexibility index (Phi) is 3.40. The predicted octanol–water partition coefficient (Wildman–Crippen LogP) is 1.12. The van der Waals surface area contributed by atoms with Gasteiger partial charge in [0.05, 0.1) is 6.26 Å². The van der Waals surface area contributed by atoms with E-state index < -0.39 is 10.0 Å². The van der Waals surface area contributed by atoms with Gasteiger partial charge in [-0.3, -0.25) is 0 Å². The first kappa shape index (κ1) is 12.4. The highest BCUT2D eigenvalue weighted by Gasteiger charge is 2.24. The van der Waals surface area contributed by atoms with Gasteiger partial charge >= 0.3 is 0 Å². The van der Waals surface area contributed by atoms with Crippen LogP contribution in [0.1, 0.15) is 12.0 Å². The molecule has 0 saturated carbocycles. The molecule has 5 heteroatoms. The Balaban J connectivity index is 2.03. The van der Waals surface area contributed by atoms with E-state index in [9.17, 15) is 8.42 Å². The first-order chi connectivity index (χ1) is 7.94. The molecule has 1 atom stereocenters. The quantitative estimate of drug-likeness (QED) is 0.879. The molecule has 1 aromatic rings. The highest BCUT2D eigenvalue weighted by Crippen LogP contribution is 2.21. The van der Waals surface area contributed by atoms with Gasteiger partial charge in [0, 0.05) is 24.8 Å². The molecule has 0 radical (unpaired) electrons. The molecule has 17 heavy (non-hydrogen) atoms. The van der Waals surface area contributed by atoms with Crippen molar-refractivity contribution < 1.29 is 8.42 Å². The number of anilines is 1. The molecule has 1 unspecified atom stereocenters. The van der Waals surface area contributed by atoms with Gasteiger partial charge in [-0.1, -0.05) is 12.1 Å². The molecule has 0 amide bonds. The Morgan fingerprint density at radius 2 is 2.18 bits per heavy atom. The molecule has 1 aliphatic rings. The minimum Gasteiger partial charge on any atom is -0.370 e. The second-order valence-corrected chi connectivity index (χ2v) is 6.44. The van der Waals surface area contributed by atoms with E-state index in [4.69, 9.17) is 0 Å². The minimum atomic E-state index is -3.10. The number of rotatable bonds is 3. The summed E-state index contributed by atoms with van der Waals surface area (Å²) in [6.07, 6.45) is 2.07. The van der Waals surface area contributed by atoms with Crippen molar-refractivity contribution in [3.8, 4) is 0 Å². The van der Waals surface area contributed by atoms with Gasteiger partial charge in [-0.15, -0.1) is 0 Å². The number of benzene rings is 1. The average Bonchev–Trinajstić information content (AvgIpc) is 2.63. The third-order valence-electron chi connectivity index (χ3n) is 2.94. The largest absolute Gasteiger partial charge is 0.370 e. The normalized spacial score (nSPS) is 20.8. The van der Waals surface area contributed by atoms with Crippen LogP contribution in [0.15, 0.2) is 24.3 Å². The predicted molar refractivity (Wildman–Crippen MR) is 69.8 cm³/mol. The monoisotopic (exact) mass is 254 g/mol. The van der Waals surface area contributed by atoms with Gasteiger partial charge in [0.25, 0.3) is 0 Å². The van der Waals surface area contributed by atoms with Crippen molar-refractivity contribution in [1.82, 2.24) is 4.72 Å². The summed E-state index contributed by atoms with van der Waals surface area (Å²) in [7, 11) is -3.10. The molecular formula is C12H18N2O2S. The third-order valence-corrected chi connectivity index (χ3v) is 3.70. The highest BCUT2D eigenvalue weighted by atomic mass is 32.2. The number of nitrogens with one attached hydrogen (secondary N) is 1. The van der Waals surface area contributed by atoms with Crippen LogP contribution >= 0.6 is 0 Å². The molecule has 0 aliphatic carbocycles. The highest BCUT2D eigenvalue weighted by molar-refractivity contribution is 7.88. The van der Waals surface area contributed by atoms with Crippen LogP contribution in [0.4, 0.5) is 5.69 Å². The van der Waals surface area contributed by atoms with Crippen LogP contribution in [0.3, 0.4) is 0 Å². The van der Waals surface area contributed by atoms with Gasteiger partial charge in [-0.2, -0.15) is 0 Å². The molecule has 0 bridgehead atoms. The van der Waals surface area contributed by atoms with E-state index in [2.05, 4.69) is 34.7 Å². The molecule has 4 nitrogen and oxygen atoms in total. The van der Waals surface area contributed by atoms with Crippen molar-refractivity contribution >= 4 is 15.7 Å². The van der Waals surface area contributed by atoms with Crippen molar-refractivity contribution in [2.75, 3.05) is 24.2 Å². The maximum absolute atomic E-state index is 11.2. The van der Waals surface area contributed by atoms with Crippen LogP contribution in [0.2, 0.25) is 0 Å². The van der Waals surface area contributed by atoms with E-state index in [0.29, 0.717) is 0 Å². The maximum Gasteiger partial charge on any atom is 0.209 e. The van der Waals surface area contributed by atoms with Crippen LogP contribution in [0.5, 0.6) is 0 Å². The Bertz CT molecular complexity index is 499. The third kappa shape index (κ3) is 3.44. The standard InChI is InChI=1S/C12H18N2O2S/c1-10-4-3-5-12(8-10)14-7-6-11(9-14)13-17(2,15)16/h3-5,8,11,13H,6-7,9H2,1-2H3. The second-order valence-electron chi connectivity index (χ2n) is 4.66. The van der Waals surface area contributed by atoms with Gasteiger partial charge in [0.1, 0.15) is 0 Å².